The lowest BCUT2D eigenvalue weighted by Gasteiger charge is -2.43. The molecule has 0 radical (unpaired) electrons. The summed E-state index contributed by atoms with van der Waals surface area (Å²) in [6.07, 6.45) is 1.90. The van der Waals surface area contributed by atoms with E-state index in [0.717, 1.165) is 19.4 Å². The van der Waals surface area contributed by atoms with E-state index in [1.165, 1.54) is 10.4 Å². The van der Waals surface area contributed by atoms with E-state index in [0.29, 0.717) is 13.2 Å². The van der Waals surface area contributed by atoms with Gasteiger partial charge in [0, 0.05) is 13.2 Å². The Bertz CT molecular complexity index is 583. The van der Waals surface area contributed by atoms with Gasteiger partial charge in [-0.1, -0.05) is 81.4 Å². The fourth-order valence-electron chi connectivity index (χ4n) is 3.46. The lowest BCUT2D eigenvalue weighted by Crippen LogP contribution is -2.66. The number of ether oxygens (including phenoxy) is 1. The molecule has 0 aliphatic heterocycles. The minimum atomic E-state index is -2.41. The van der Waals surface area contributed by atoms with Crippen LogP contribution in [0.15, 0.2) is 60.7 Å². The molecule has 2 aromatic carbocycles. The van der Waals surface area contributed by atoms with Gasteiger partial charge in [-0.3, -0.25) is 0 Å². The van der Waals surface area contributed by atoms with Crippen molar-refractivity contribution in [2.24, 2.45) is 0 Å². The van der Waals surface area contributed by atoms with Gasteiger partial charge in [0.05, 0.1) is 13.2 Å². The fourth-order valence-corrected chi connectivity index (χ4v) is 8.07. The molecule has 0 unspecified atom stereocenters. The summed E-state index contributed by atoms with van der Waals surface area (Å²) in [6.45, 7) is 8.77. The van der Waals surface area contributed by atoms with Gasteiger partial charge in [0.1, 0.15) is 0 Å². The van der Waals surface area contributed by atoms with E-state index < -0.39 is 8.32 Å². The molecule has 3 nitrogen and oxygen atoms in total. The van der Waals surface area contributed by atoms with Crippen molar-refractivity contribution < 1.29 is 14.3 Å². The van der Waals surface area contributed by atoms with Crippen LogP contribution in [0, 0.1) is 0 Å². The normalized spacial score (nSPS) is 12.3. The Morgan fingerprint density at radius 3 is 1.73 bits per heavy atom. The quantitative estimate of drug-likeness (QED) is 0.513. The van der Waals surface area contributed by atoms with Gasteiger partial charge in [0.2, 0.25) is 0 Å². The van der Waals surface area contributed by atoms with Gasteiger partial charge < -0.3 is 14.3 Å². The lowest BCUT2D eigenvalue weighted by molar-refractivity contribution is 0.0875. The van der Waals surface area contributed by atoms with Gasteiger partial charge in [0.25, 0.3) is 8.32 Å². The van der Waals surface area contributed by atoms with Crippen LogP contribution in [0.2, 0.25) is 5.04 Å². The van der Waals surface area contributed by atoms with Crippen LogP contribution in [0.3, 0.4) is 0 Å². The SMILES string of the molecule is CC(C)(C)[Si](OCCCCOCCO)(c1ccccc1)c1ccccc1. The van der Waals surface area contributed by atoms with Crippen LogP contribution in [-0.2, 0) is 9.16 Å². The van der Waals surface area contributed by atoms with Crippen molar-refractivity contribution >= 4 is 18.7 Å². The summed E-state index contributed by atoms with van der Waals surface area (Å²) in [5.74, 6) is 0. The second-order valence-electron chi connectivity index (χ2n) is 7.55. The number of rotatable bonds is 10. The van der Waals surface area contributed by atoms with E-state index in [1.807, 2.05) is 0 Å². The highest BCUT2D eigenvalue weighted by atomic mass is 28.4. The number of hydrogen-bond acceptors (Lipinski definition) is 3. The molecule has 0 atom stereocenters. The molecular formula is C22H32O3Si. The number of unbranched alkanes of at least 4 members (excludes halogenated alkanes) is 1. The molecular weight excluding hydrogens is 340 g/mol. The molecule has 0 heterocycles. The molecule has 142 valence electrons. The molecule has 0 saturated heterocycles. The maximum atomic E-state index is 8.77. The first-order chi connectivity index (χ1) is 12.5. The second kappa shape index (κ2) is 10.0. The van der Waals surface area contributed by atoms with Crippen LogP contribution in [0.25, 0.3) is 0 Å². The van der Waals surface area contributed by atoms with Crippen molar-refractivity contribution in [2.75, 3.05) is 26.4 Å². The molecule has 0 saturated carbocycles. The summed E-state index contributed by atoms with van der Waals surface area (Å²) in [5.41, 5.74) is 0. The monoisotopic (exact) mass is 372 g/mol. The molecule has 1 N–H and O–H groups in total. The Morgan fingerprint density at radius 1 is 0.769 bits per heavy atom. The zero-order chi connectivity index (χ0) is 18.9. The summed E-state index contributed by atoms with van der Waals surface area (Å²) >= 11 is 0. The third kappa shape index (κ3) is 5.04. The molecule has 0 aliphatic rings. The lowest BCUT2D eigenvalue weighted by atomic mass is 10.2. The smallest absolute Gasteiger partial charge is 0.261 e. The van der Waals surface area contributed by atoms with Gasteiger partial charge in [-0.2, -0.15) is 0 Å². The molecule has 0 aromatic heterocycles. The highest BCUT2D eigenvalue weighted by molar-refractivity contribution is 6.99. The van der Waals surface area contributed by atoms with E-state index in [-0.39, 0.29) is 11.6 Å². The summed E-state index contributed by atoms with van der Waals surface area (Å²) < 4.78 is 12.2. The minimum absolute atomic E-state index is 0.0170. The number of benzene rings is 2. The van der Waals surface area contributed by atoms with Gasteiger partial charge >= 0.3 is 0 Å². The van der Waals surface area contributed by atoms with Crippen LogP contribution in [0.1, 0.15) is 33.6 Å². The summed E-state index contributed by atoms with van der Waals surface area (Å²) in [6, 6.07) is 21.4. The van der Waals surface area contributed by atoms with Crippen molar-refractivity contribution in [2.45, 2.75) is 38.7 Å². The largest absolute Gasteiger partial charge is 0.407 e. The van der Waals surface area contributed by atoms with Gasteiger partial charge in [-0.15, -0.1) is 0 Å². The Balaban J connectivity index is 2.24. The average Bonchev–Trinajstić information content (AvgIpc) is 2.64. The van der Waals surface area contributed by atoms with E-state index in [2.05, 4.69) is 81.4 Å². The molecule has 0 aliphatic carbocycles. The van der Waals surface area contributed by atoms with Crippen molar-refractivity contribution in [3.63, 3.8) is 0 Å². The van der Waals surface area contributed by atoms with E-state index in [1.54, 1.807) is 0 Å². The van der Waals surface area contributed by atoms with Gasteiger partial charge in [0.15, 0.2) is 0 Å². The Morgan fingerprint density at radius 2 is 1.27 bits per heavy atom. The Hall–Kier alpha value is -1.46. The Labute approximate surface area is 159 Å². The van der Waals surface area contributed by atoms with Crippen molar-refractivity contribution in [1.29, 1.82) is 0 Å². The Kier molecular flexibility index (Phi) is 8.03. The highest BCUT2D eigenvalue weighted by Crippen LogP contribution is 2.36. The molecule has 26 heavy (non-hydrogen) atoms. The minimum Gasteiger partial charge on any atom is -0.407 e. The fraction of sp³-hybridized carbons (Fsp3) is 0.455. The number of aliphatic hydroxyl groups is 1. The van der Waals surface area contributed by atoms with E-state index in [4.69, 9.17) is 14.3 Å². The second-order valence-corrected chi connectivity index (χ2v) is 11.9. The van der Waals surface area contributed by atoms with E-state index >= 15 is 0 Å². The molecule has 2 aromatic rings. The average molecular weight is 373 g/mol. The molecule has 0 amide bonds. The first-order valence-corrected chi connectivity index (χ1v) is 11.4. The van der Waals surface area contributed by atoms with Crippen molar-refractivity contribution in [1.82, 2.24) is 0 Å². The maximum Gasteiger partial charge on any atom is 0.261 e. The predicted octanol–water partition coefficient (Wildman–Crippen LogP) is 3.35. The third-order valence-corrected chi connectivity index (χ3v) is 9.70. The summed E-state index contributed by atoms with van der Waals surface area (Å²) in [5, 5.41) is 11.4. The van der Waals surface area contributed by atoms with Gasteiger partial charge in [-0.05, 0) is 28.3 Å². The van der Waals surface area contributed by atoms with Crippen molar-refractivity contribution in [3.8, 4) is 0 Å². The van der Waals surface area contributed by atoms with Crippen molar-refractivity contribution in [3.05, 3.63) is 60.7 Å². The number of aliphatic hydroxyl groups excluding tert-OH is 1. The van der Waals surface area contributed by atoms with Crippen LogP contribution in [0.4, 0.5) is 0 Å². The molecule has 0 fully saturated rings. The highest BCUT2D eigenvalue weighted by Gasteiger charge is 2.49. The van der Waals surface area contributed by atoms with Gasteiger partial charge in [-0.25, -0.2) is 0 Å². The molecule has 4 heteroatoms. The van der Waals surface area contributed by atoms with E-state index in [9.17, 15) is 0 Å². The summed E-state index contributed by atoms with van der Waals surface area (Å²) in [7, 11) is -2.41. The third-order valence-electron chi connectivity index (χ3n) is 4.65. The summed E-state index contributed by atoms with van der Waals surface area (Å²) in [4.78, 5) is 0. The first-order valence-electron chi connectivity index (χ1n) is 9.46. The molecule has 0 spiro atoms. The maximum absolute atomic E-state index is 8.77. The zero-order valence-electron chi connectivity index (χ0n) is 16.3. The van der Waals surface area contributed by atoms with Crippen LogP contribution in [0.5, 0.6) is 0 Å². The first kappa shape index (κ1) is 20.8. The van der Waals surface area contributed by atoms with Crippen LogP contribution in [-0.4, -0.2) is 39.9 Å². The van der Waals surface area contributed by atoms with Crippen LogP contribution < -0.4 is 10.4 Å². The van der Waals surface area contributed by atoms with Crippen LogP contribution >= 0.6 is 0 Å². The zero-order valence-corrected chi connectivity index (χ0v) is 17.3. The molecule has 2 rings (SSSR count). The molecule has 0 bridgehead atoms. The number of hydrogen-bond donors (Lipinski definition) is 1. The standard InChI is InChI=1S/C22H32O3Si/c1-22(2,3)26(20-12-6-4-7-13-20,21-14-8-5-9-15-21)25-18-11-10-17-24-19-16-23/h4-9,12-15,23H,10-11,16-19H2,1-3H3. The topological polar surface area (TPSA) is 38.7 Å². The predicted molar refractivity (Wildman–Crippen MR) is 111 cm³/mol.